The quantitative estimate of drug-likeness (QED) is 0.0692. The molecule has 0 amide bonds. The van der Waals surface area contributed by atoms with Crippen molar-refractivity contribution in [1.82, 2.24) is 0 Å². The lowest BCUT2D eigenvalue weighted by molar-refractivity contribution is -0.131. The highest BCUT2D eigenvalue weighted by Gasteiger charge is 1.96. The Morgan fingerprint density at radius 2 is 0.765 bits per heavy atom. The highest BCUT2D eigenvalue weighted by molar-refractivity contribution is 5.80. The lowest BCUT2D eigenvalue weighted by Gasteiger charge is -2.04. The van der Waals surface area contributed by atoms with Gasteiger partial charge in [0, 0.05) is 6.08 Å². The first-order chi connectivity index (χ1) is 16.8. The molecule has 34 heavy (non-hydrogen) atoms. The zero-order valence-corrected chi connectivity index (χ0v) is 23.0. The van der Waals surface area contributed by atoms with Crippen molar-refractivity contribution in [2.45, 2.75) is 174 Å². The van der Waals surface area contributed by atoms with Crippen molar-refractivity contribution in [3.05, 3.63) is 24.3 Å². The molecule has 2 nitrogen and oxygen atoms in total. The Morgan fingerprint density at radius 1 is 0.471 bits per heavy atom. The van der Waals surface area contributed by atoms with Gasteiger partial charge in [0.1, 0.15) is 0 Å². The summed E-state index contributed by atoms with van der Waals surface area (Å²) in [5, 5.41) is 8.49. The van der Waals surface area contributed by atoms with E-state index >= 15 is 0 Å². The smallest absolute Gasteiger partial charge is 0.328 e. The molecule has 0 aliphatic carbocycles. The number of unbranched alkanes of at least 4 members (excludes halogenated alkanes) is 25. The Balaban J connectivity index is 3.07. The molecule has 0 saturated heterocycles. The van der Waals surface area contributed by atoms with Gasteiger partial charge in [-0.05, 0) is 12.8 Å². The van der Waals surface area contributed by atoms with Gasteiger partial charge in [-0.3, -0.25) is 0 Å². The molecular weight excluding hydrogens is 416 g/mol. The second kappa shape index (κ2) is 30.0. The van der Waals surface area contributed by atoms with Crippen molar-refractivity contribution in [3.63, 3.8) is 0 Å². The van der Waals surface area contributed by atoms with Crippen molar-refractivity contribution in [1.29, 1.82) is 0 Å². The Labute approximate surface area is 214 Å². The predicted molar refractivity (Wildman–Crippen MR) is 152 cm³/mol. The molecule has 0 fully saturated rings. The highest BCUT2D eigenvalue weighted by Crippen LogP contribution is 2.16. The summed E-state index contributed by atoms with van der Waals surface area (Å²) >= 11 is 0. The molecule has 0 rings (SSSR count). The van der Waals surface area contributed by atoms with Gasteiger partial charge >= 0.3 is 5.97 Å². The van der Waals surface area contributed by atoms with Crippen molar-refractivity contribution in [2.24, 2.45) is 0 Å². The zero-order valence-electron chi connectivity index (χ0n) is 23.0. The van der Waals surface area contributed by atoms with E-state index in [0.29, 0.717) is 0 Å². The Morgan fingerprint density at radius 3 is 1.06 bits per heavy atom. The number of hydrogen-bond acceptors (Lipinski definition) is 1. The average molecular weight is 477 g/mol. The van der Waals surface area contributed by atoms with Gasteiger partial charge < -0.3 is 5.11 Å². The van der Waals surface area contributed by atoms with E-state index in [0.717, 1.165) is 6.42 Å². The van der Waals surface area contributed by atoms with E-state index < -0.39 is 5.97 Å². The number of carboxylic acid groups (broad SMARTS) is 1. The van der Waals surface area contributed by atoms with Gasteiger partial charge in [-0.1, -0.05) is 179 Å². The number of carboxylic acids is 1. The molecule has 0 radical (unpaired) electrons. The van der Waals surface area contributed by atoms with E-state index in [-0.39, 0.29) is 0 Å². The molecule has 0 aromatic rings. The summed E-state index contributed by atoms with van der Waals surface area (Å²) in [4.78, 5) is 10.3. The van der Waals surface area contributed by atoms with Crippen molar-refractivity contribution in [2.75, 3.05) is 0 Å². The molecule has 0 saturated carbocycles. The van der Waals surface area contributed by atoms with E-state index in [1.807, 2.05) is 6.08 Å². The number of aliphatic carboxylic acids is 1. The molecule has 0 unspecified atom stereocenters. The Hall–Kier alpha value is -1.05. The first kappa shape index (κ1) is 33.0. The molecule has 0 aliphatic heterocycles. The molecule has 0 aromatic heterocycles. The van der Waals surface area contributed by atoms with Crippen LogP contribution < -0.4 is 0 Å². The van der Waals surface area contributed by atoms with Gasteiger partial charge in [0.25, 0.3) is 0 Å². The minimum Gasteiger partial charge on any atom is -0.478 e. The van der Waals surface area contributed by atoms with Crippen molar-refractivity contribution >= 4 is 5.97 Å². The van der Waals surface area contributed by atoms with Gasteiger partial charge in [-0.15, -0.1) is 0 Å². The minimum atomic E-state index is -0.880. The van der Waals surface area contributed by atoms with Crippen LogP contribution in [0.4, 0.5) is 0 Å². The second-order valence-electron chi connectivity index (χ2n) is 10.4. The average Bonchev–Trinajstić information content (AvgIpc) is 2.83. The summed E-state index contributed by atoms with van der Waals surface area (Å²) in [6.45, 7) is 2.30. The maximum Gasteiger partial charge on any atom is 0.328 e. The van der Waals surface area contributed by atoms with Crippen LogP contribution in [-0.4, -0.2) is 11.1 Å². The Bertz CT molecular complexity index is 452. The summed E-state index contributed by atoms with van der Waals surface area (Å²) in [6, 6.07) is 0. The van der Waals surface area contributed by atoms with Crippen LogP contribution in [0.25, 0.3) is 0 Å². The summed E-state index contributed by atoms with van der Waals surface area (Å²) < 4.78 is 0. The maximum absolute atomic E-state index is 10.3. The second-order valence-corrected chi connectivity index (χ2v) is 10.4. The molecule has 200 valence electrons. The molecule has 0 heterocycles. The third-order valence-corrected chi connectivity index (χ3v) is 6.96. The number of rotatable bonds is 28. The predicted octanol–water partition coefficient (Wildman–Crippen LogP) is 11.3. The molecule has 0 spiro atoms. The molecule has 0 aliphatic rings. The number of carbonyl (C=O) groups is 1. The molecule has 0 aromatic carbocycles. The van der Waals surface area contributed by atoms with Gasteiger partial charge in [0.15, 0.2) is 0 Å². The third kappa shape index (κ3) is 31.0. The molecule has 2 heteroatoms. The van der Waals surface area contributed by atoms with Crippen LogP contribution in [0.1, 0.15) is 174 Å². The largest absolute Gasteiger partial charge is 0.478 e. The normalized spacial score (nSPS) is 11.8. The van der Waals surface area contributed by atoms with Crippen molar-refractivity contribution < 1.29 is 9.90 Å². The summed E-state index contributed by atoms with van der Waals surface area (Å²) in [7, 11) is 0. The summed E-state index contributed by atoms with van der Waals surface area (Å²) in [6.07, 6.45) is 43.4. The van der Waals surface area contributed by atoms with Crippen LogP contribution in [0, 0.1) is 0 Å². The minimum absolute atomic E-state index is 0.880. The molecule has 0 bridgehead atoms. The molecule has 0 atom stereocenters. The fourth-order valence-corrected chi connectivity index (χ4v) is 4.71. The Kier molecular flexibility index (Phi) is 29.1. The molecular formula is C32H60O2. The number of allylic oxidation sites excluding steroid dienone is 3. The topological polar surface area (TPSA) is 37.3 Å². The fraction of sp³-hybridized carbons (Fsp3) is 0.844. The lowest BCUT2D eigenvalue weighted by atomic mass is 10.0. The standard InChI is InChI=1S/C32H60O2/c1-2-3-4-5-6-7-8-9-10-11-12-13-14-15-16-17-18-19-20-21-22-23-24-25-26-27-28-29-30-31-32(33)34/h28-31H,2-27H2,1H3,(H,33,34)/b29-28+,31-30+. The van der Waals surface area contributed by atoms with Gasteiger partial charge in [-0.25, -0.2) is 4.79 Å². The van der Waals surface area contributed by atoms with E-state index in [9.17, 15) is 4.79 Å². The SMILES string of the molecule is CCCCCCCCCCCCCCCCCCCCCCCCCCC/C=C/C=C/C(=O)O. The molecule has 1 N–H and O–H groups in total. The maximum atomic E-state index is 10.3. The monoisotopic (exact) mass is 476 g/mol. The van der Waals surface area contributed by atoms with Crippen LogP contribution in [0.15, 0.2) is 24.3 Å². The first-order valence-electron chi connectivity index (χ1n) is 15.3. The van der Waals surface area contributed by atoms with Crippen molar-refractivity contribution in [3.8, 4) is 0 Å². The van der Waals surface area contributed by atoms with Gasteiger partial charge in [0.05, 0.1) is 0 Å². The van der Waals surface area contributed by atoms with E-state index in [4.69, 9.17) is 5.11 Å². The summed E-state index contributed by atoms with van der Waals surface area (Å²) in [5.74, 6) is -0.880. The van der Waals surface area contributed by atoms with E-state index in [1.165, 1.54) is 167 Å². The lowest BCUT2D eigenvalue weighted by Crippen LogP contribution is -1.84. The van der Waals surface area contributed by atoms with Gasteiger partial charge in [0.2, 0.25) is 0 Å². The third-order valence-electron chi connectivity index (χ3n) is 6.96. The van der Waals surface area contributed by atoms with Crippen LogP contribution in [-0.2, 0) is 4.79 Å². The van der Waals surface area contributed by atoms with Crippen LogP contribution in [0.3, 0.4) is 0 Å². The zero-order chi connectivity index (χ0) is 24.8. The van der Waals surface area contributed by atoms with E-state index in [2.05, 4.69) is 13.0 Å². The van der Waals surface area contributed by atoms with Gasteiger partial charge in [-0.2, -0.15) is 0 Å². The summed E-state index contributed by atoms with van der Waals surface area (Å²) in [5.41, 5.74) is 0. The van der Waals surface area contributed by atoms with E-state index in [1.54, 1.807) is 6.08 Å². The number of hydrogen-bond donors (Lipinski definition) is 1. The van der Waals surface area contributed by atoms with Crippen LogP contribution >= 0.6 is 0 Å². The fourth-order valence-electron chi connectivity index (χ4n) is 4.71. The highest BCUT2D eigenvalue weighted by atomic mass is 16.4. The van der Waals surface area contributed by atoms with Crippen LogP contribution in [0.2, 0.25) is 0 Å². The first-order valence-corrected chi connectivity index (χ1v) is 15.3. The van der Waals surface area contributed by atoms with Crippen LogP contribution in [0.5, 0.6) is 0 Å².